The lowest BCUT2D eigenvalue weighted by Crippen LogP contribution is -2.40. The van der Waals surface area contributed by atoms with Crippen molar-refractivity contribution in [1.82, 2.24) is 4.90 Å². The Bertz CT molecular complexity index is 746. The lowest BCUT2D eigenvalue weighted by molar-refractivity contribution is -0.146. The number of methoxy groups -OCH3 is 1. The molecule has 0 aliphatic rings. The number of hydrogen-bond donors (Lipinski definition) is 0. The fraction of sp³-hybridized carbons (Fsp3) is 0.393. The fourth-order valence-electron chi connectivity index (χ4n) is 4.28. The molecule has 166 valence electrons. The Morgan fingerprint density at radius 1 is 1.00 bits per heavy atom. The van der Waals surface area contributed by atoms with Crippen molar-refractivity contribution >= 4 is 5.97 Å². The lowest BCUT2D eigenvalue weighted by Gasteiger charge is -2.37. The van der Waals surface area contributed by atoms with E-state index in [-0.39, 0.29) is 23.8 Å². The second-order valence-electron chi connectivity index (χ2n) is 8.11. The van der Waals surface area contributed by atoms with Crippen molar-refractivity contribution < 1.29 is 9.53 Å². The SMILES string of the molecule is C=CCC(C[C@H](C=C)[C@H](CCC)N(Cc1ccccc1)Cc1ccccc1)C(=O)OC. The number of esters is 1. The lowest BCUT2D eigenvalue weighted by atomic mass is 9.84. The van der Waals surface area contributed by atoms with Gasteiger partial charge in [0.05, 0.1) is 13.0 Å². The second kappa shape index (κ2) is 13.6. The molecule has 0 aromatic heterocycles. The first kappa shape index (κ1) is 24.6. The van der Waals surface area contributed by atoms with E-state index in [4.69, 9.17) is 4.74 Å². The topological polar surface area (TPSA) is 29.5 Å². The Hall–Kier alpha value is -2.65. The summed E-state index contributed by atoms with van der Waals surface area (Å²) in [4.78, 5) is 14.9. The molecule has 0 bridgehead atoms. The van der Waals surface area contributed by atoms with Crippen molar-refractivity contribution in [2.24, 2.45) is 11.8 Å². The molecule has 3 heteroatoms. The number of rotatable bonds is 14. The van der Waals surface area contributed by atoms with Crippen molar-refractivity contribution in [2.45, 2.75) is 51.7 Å². The van der Waals surface area contributed by atoms with Crippen molar-refractivity contribution in [3.05, 3.63) is 97.1 Å². The number of hydrogen-bond acceptors (Lipinski definition) is 3. The van der Waals surface area contributed by atoms with E-state index >= 15 is 0 Å². The highest BCUT2D eigenvalue weighted by Crippen LogP contribution is 2.29. The van der Waals surface area contributed by atoms with Crippen LogP contribution in [-0.4, -0.2) is 24.0 Å². The minimum absolute atomic E-state index is 0.167. The zero-order chi connectivity index (χ0) is 22.5. The largest absolute Gasteiger partial charge is 0.469 e. The average molecular weight is 420 g/mol. The monoisotopic (exact) mass is 419 g/mol. The van der Waals surface area contributed by atoms with Gasteiger partial charge >= 0.3 is 5.97 Å². The molecular weight excluding hydrogens is 382 g/mol. The molecule has 0 fully saturated rings. The van der Waals surface area contributed by atoms with Crippen molar-refractivity contribution in [3.63, 3.8) is 0 Å². The summed E-state index contributed by atoms with van der Waals surface area (Å²) in [5.41, 5.74) is 2.58. The first-order chi connectivity index (χ1) is 15.1. The quantitative estimate of drug-likeness (QED) is 0.261. The molecule has 31 heavy (non-hydrogen) atoms. The molecule has 0 amide bonds. The van der Waals surface area contributed by atoms with Crippen LogP contribution in [0.3, 0.4) is 0 Å². The first-order valence-corrected chi connectivity index (χ1v) is 11.3. The van der Waals surface area contributed by atoms with Gasteiger partial charge < -0.3 is 4.74 Å². The van der Waals surface area contributed by atoms with Crippen LogP contribution in [0.1, 0.15) is 43.7 Å². The van der Waals surface area contributed by atoms with Crippen LogP contribution in [0.2, 0.25) is 0 Å². The minimum atomic E-state index is -0.194. The van der Waals surface area contributed by atoms with Crippen LogP contribution in [0.4, 0.5) is 0 Å². The molecule has 3 atom stereocenters. The Morgan fingerprint density at radius 2 is 1.55 bits per heavy atom. The third kappa shape index (κ3) is 7.84. The molecule has 0 radical (unpaired) electrons. The molecule has 0 saturated carbocycles. The van der Waals surface area contributed by atoms with Crippen molar-refractivity contribution in [3.8, 4) is 0 Å². The molecule has 0 heterocycles. The van der Waals surface area contributed by atoms with Gasteiger partial charge in [0.15, 0.2) is 0 Å². The minimum Gasteiger partial charge on any atom is -0.469 e. The number of carbonyl (C=O) groups is 1. The molecule has 2 aromatic carbocycles. The van der Waals surface area contributed by atoms with E-state index in [0.717, 1.165) is 25.9 Å². The highest BCUT2D eigenvalue weighted by atomic mass is 16.5. The van der Waals surface area contributed by atoms with E-state index < -0.39 is 0 Å². The van der Waals surface area contributed by atoms with Crippen molar-refractivity contribution in [1.29, 1.82) is 0 Å². The van der Waals surface area contributed by atoms with Gasteiger partial charge in [-0.05, 0) is 36.3 Å². The van der Waals surface area contributed by atoms with Crippen LogP contribution < -0.4 is 0 Å². The summed E-state index contributed by atoms with van der Waals surface area (Å²) in [7, 11) is 1.46. The molecule has 2 aromatic rings. The van der Waals surface area contributed by atoms with E-state index in [2.05, 4.69) is 85.6 Å². The van der Waals surface area contributed by atoms with Crippen LogP contribution in [0, 0.1) is 11.8 Å². The summed E-state index contributed by atoms with van der Waals surface area (Å²) < 4.78 is 5.07. The maximum atomic E-state index is 12.4. The van der Waals surface area contributed by atoms with Gasteiger partial charge in [0, 0.05) is 19.1 Å². The van der Waals surface area contributed by atoms with Gasteiger partial charge in [0.2, 0.25) is 0 Å². The maximum Gasteiger partial charge on any atom is 0.308 e. The molecule has 0 spiro atoms. The highest BCUT2D eigenvalue weighted by Gasteiger charge is 2.30. The second-order valence-corrected chi connectivity index (χ2v) is 8.11. The molecule has 0 aliphatic heterocycles. The van der Waals surface area contributed by atoms with Crippen LogP contribution in [0.15, 0.2) is 86.0 Å². The predicted molar refractivity (Wildman–Crippen MR) is 129 cm³/mol. The molecule has 0 saturated heterocycles. The smallest absolute Gasteiger partial charge is 0.308 e. The summed E-state index contributed by atoms with van der Waals surface area (Å²) in [6.07, 6.45) is 7.28. The number of ether oxygens (including phenoxy) is 1. The van der Waals surface area contributed by atoms with Crippen LogP contribution in [0.5, 0.6) is 0 Å². The zero-order valence-corrected chi connectivity index (χ0v) is 19.1. The summed E-state index contributed by atoms with van der Waals surface area (Å²) in [5.74, 6) is -0.184. The normalized spacial score (nSPS) is 13.9. The van der Waals surface area contributed by atoms with E-state index in [9.17, 15) is 4.79 Å². The van der Waals surface area contributed by atoms with Crippen LogP contribution in [-0.2, 0) is 22.6 Å². The summed E-state index contributed by atoms with van der Waals surface area (Å²) in [6, 6.07) is 21.5. The number of benzene rings is 2. The number of nitrogens with zero attached hydrogens (tertiary/aromatic N) is 1. The van der Waals surface area contributed by atoms with Crippen LogP contribution in [0.25, 0.3) is 0 Å². The van der Waals surface area contributed by atoms with Gasteiger partial charge in [-0.1, -0.05) is 86.2 Å². The Kier molecular flexibility index (Phi) is 10.8. The number of allylic oxidation sites excluding steroid dienone is 1. The van der Waals surface area contributed by atoms with Gasteiger partial charge in [-0.15, -0.1) is 13.2 Å². The van der Waals surface area contributed by atoms with Gasteiger partial charge in [0.25, 0.3) is 0 Å². The van der Waals surface area contributed by atoms with Gasteiger partial charge in [0.1, 0.15) is 0 Å². The molecule has 1 unspecified atom stereocenters. The molecule has 0 aliphatic carbocycles. The Labute approximate surface area is 188 Å². The van der Waals surface area contributed by atoms with E-state index in [1.165, 1.54) is 18.2 Å². The standard InChI is InChI=1S/C28H37NO2/c1-5-14-26(28(30)31-4)20-25(7-3)27(15-6-2)29(21-23-16-10-8-11-17-23)22-24-18-12-9-13-19-24/h5,7-13,16-19,25-27H,1,3,6,14-15,20-22H2,2,4H3/t25-,26?,27-/m0/s1. The molecular formula is C28H37NO2. The molecule has 2 rings (SSSR count). The van der Waals surface area contributed by atoms with Crippen molar-refractivity contribution in [2.75, 3.05) is 7.11 Å². The maximum absolute atomic E-state index is 12.4. The molecule has 0 N–H and O–H groups in total. The summed E-state index contributed by atoms with van der Waals surface area (Å²) in [5, 5.41) is 0. The van der Waals surface area contributed by atoms with E-state index in [1.54, 1.807) is 0 Å². The van der Waals surface area contributed by atoms with E-state index in [1.807, 2.05) is 12.2 Å². The van der Waals surface area contributed by atoms with E-state index in [0.29, 0.717) is 12.8 Å². The predicted octanol–water partition coefficient (Wildman–Crippen LogP) is 6.42. The van der Waals surface area contributed by atoms with Crippen LogP contribution >= 0.6 is 0 Å². The average Bonchev–Trinajstić information content (AvgIpc) is 2.81. The highest BCUT2D eigenvalue weighted by molar-refractivity contribution is 5.72. The Balaban J connectivity index is 2.33. The van der Waals surface area contributed by atoms with Gasteiger partial charge in [-0.2, -0.15) is 0 Å². The van der Waals surface area contributed by atoms with Gasteiger partial charge in [-0.3, -0.25) is 9.69 Å². The third-order valence-electron chi connectivity index (χ3n) is 5.85. The molecule has 3 nitrogen and oxygen atoms in total. The summed E-state index contributed by atoms with van der Waals surface area (Å²) >= 11 is 0. The zero-order valence-electron chi connectivity index (χ0n) is 19.1. The third-order valence-corrected chi connectivity index (χ3v) is 5.85. The first-order valence-electron chi connectivity index (χ1n) is 11.3. The summed E-state index contributed by atoms with van der Waals surface area (Å²) in [6.45, 7) is 11.9. The number of carbonyl (C=O) groups excluding carboxylic acids is 1. The van der Waals surface area contributed by atoms with Gasteiger partial charge in [-0.25, -0.2) is 0 Å². The fourth-order valence-corrected chi connectivity index (χ4v) is 4.28. The Morgan fingerprint density at radius 3 is 1.97 bits per heavy atom.